The first-order valence-corrected chi connectivity index (χ1v) is 12.7. The number of carbonyl (C=O) groups is 2. The van der Waals surface area contributed by atoms with Crippen molar-refractivity contribution in [3.8, 4) is 5.75 Å². The maximum absolute atomic E-state index is 12.9. The molecule has 1 saturated heterocycles. The second-order valence-corrected chi connectivity index (χ2v) is 10.1. The molecule has 9 heteroatoms. The molecular weight excluding hydrogens is 466 g/mol. The first-order chi connectivity index (χ1) is 17.0. The first-order valence-electron chi connectivity index (χ1n) is 11.8. The van der Waals surface area contributed by atoms with Crippen molar-refractivity contribution in [2.45, 2.75) is 42.8 Å². The van der Waals surface area contributed by atoms with Gasteiger partial charge in [0, 0.05) is 11.8 Å². The molecule has 2 amide bonds. The Bertz CT molecular complexity index is 1050. The summed E-state index contributed by atoms with van der Waals surface area (Å²) in [7, 11) is 1.63. The van der Waals surface area contributed by atoms with Gasteiger partial charge in [-0.15, -0.1) is 11.8 Å². The second kappa shape index (κ2) is 11.7. The Morgan fingerprint density at radius 3 is 2.60 bits per heavy atom. The van der Waals surface area contributed by atoms with Crippen molar-refractivity contribution in [1.82, 2.24) is 10.2 Å². The summed E-state index contributed by atoms with van der Waals surface area (Å²) in [6, 6.07) is 17.3. The number of aliphatic imine (C=N–C) groups is 1. The lowest BCUT2D eigenvalue weighted by Gasteiger charge is -2.28. The normalized spacial score (nSPS) is 21.3. The van der Waals surface area contributed by atoms with Crippen LogP contribution < -0.4 is 10.1 Å². The van der Waals surface area contributed by atoms with Crippen molar-refractivity contribution in [1.29, 1.82) is 0 Å². The summed E-state index contributed by atoms with van der Waals surface area (Å²) in [4.78, 5) is 31.4. The van der Waals surface area contributed by atoms with Crippen LogP contribution in [0.1, 0.15) is 30.0 Å². The molecule has 0 spiro atoms. The zero-order valence-corrected chi connectivity index (χ0v) is 20.5. The Balaban J connectivity index is 1.24. The van der Waals surface area contributed by atoms with Gasteiger partial charge in [-0.1, -0.05) is 42.5 Å². The molecule has 8 nitrogen and oxygen atoms in total. The molecule has 4 atom stereocenters. The molecule has 0 aromatic heterocycles. The molecule has 35 heavy (non-hydrogen) atoms. The highest BCUT2D eigenvalue weighted by molar-refractivity contribution is 8.14. The number of aliphatic hydroxyl groups excluding tert-OH is 2. The van der Waals surface area contributed by atoms with Crippen LogP contribution in [0.4, 0.5) is 0 Å². The van der Waals surface area contributed by atoms with Crippen LogP contribution in [-0.4, -0.2) is 76.2 Å². The molecule has 0 bridgehead atoms. The molecule has 2 aromatic carbocycles. The third kappa shape index (κ3) is 6.22. The minimum atomic E-state index is -1.85. The van der Waals surface area contributed by atoms with Crippen molar-refractivity contribution >= 4 is 28.6 Å². The number of nitrogens with one attached hydrogen (secondary N) is 1. The predicted molar refractivity (Wildman–Crippen MR) is 136 cm³/mol. The SMILES string of the molecule is COc1ccc(CC2CN=C(CNC(=O)[C@H](O)[C@@H](O)C(=O)N3CCCC3c3ccccc3)S2)cc1. The maximum atomic E-state index is 12.9. The first kappa shape index (κ1) is 25.2. The summed E-state index contributed by atoms with van der Waals surface area (Å²) in [5, 5.41) is 24.5. The Morgan fingerprint density at radius 1 is 1.14 bits per heavy atom. The van der Waals surface area contributed by atoms with Crippen molar-refractivity contribution in [2.75, 3.05) is 26.7 Å². The van der Waals surface area contributed by atoms with E-state index in [0.717, 1.165) is 35.6 Å². The van der Waals surface area contributed by atoms with E-state index in [1.807, 2.05) is 54.6 Å². The summed E-state index contributed by atoms with van der Waals surface area (Å²) in [6.07, 6.45) is -1.25. The number of hydrogen-bond donors (Lipinski definition) is 3. The number of hydrogen-bond acceptors (Lipinski definition) is 7. The van der Waals surface area contributed by atoms with Crippen LogP contribution in [0.2, 0.25) is 0 Å². The van der Waals surface area contributed by atoms with Gasteiger partial charge in [-0.2, -0.15) is 0 Å². The van der Waals surface area contributed by atoms with Crippen LogP contribution in [0.5, 0.6) is 5.75 Å². The number of benzene rings is 2. The number of likely N-dealkylation sites (tertiary alicyclic amines) is 1. The van der Waals surface area contributed by atoms with E-state index in [2.05, 4.69) is 10.3 Å². The van der Waals surface area contributed by atoms with Gasteiger partial charge >= 0.3 is 0 Å². The van der Waals surface area contributed by atoms with Crippen LogP contribution in [0.25, 0.3) is 0 Å². The lowest BCUT2D eigenvalue weighted by Crippen LogP contribution is -2.51. The second-order valence-electron chi connectivity index (χ2n) is 8.73. The van der Waals surface area contributed by atoms with E-state index < -0.39 is 24.0 Å². The third-order valence-corrected chi connectivity index (χ3v) is 7.55. The van der Waals surface area contributed by atoms with Gasteiger partial charge in [-0.3, -0.25) is 14.6 Å². The van der Waals surface area contributed by atoms with Crippen LogP contribution in [0, 0.1) is 0 Å². The van der Waals surface area contributed by atoms with Gasteiger partial charge in [-0.05, 0) is 42.5 Å². The zero-order valence-electron chi connectivity index (χ0n) is 19.7. The van der Waals surface area contributed by atoms with E-state index >= 15 is 0 Å². The monoisotopic (exact) mass is 497 g/mol. The molecule has 2 heterocycles. The lowest BCUT2D eigenvalue weighted by atomic mass is 10.0. The van der Waals surface area contributed by atoms with Gasteiger partial charge < -0.3 is 25.2 Å². The van der Waals surface area contributed by atoms with E-state index in [4.69, 9.17) is 4.74 Å². The fourth-order valence-electron chi connectivity index (χ4n) is 4.47. The maximum Gasteiger partial charge on any atom is 0.255 e. The van der Waals surface area contributed by atoms with Crippen LogP contribution in [0.3, 0.4) is 0 Å². The highest BCUT2D eigenvalue weighted by Crippen LogP contribution is 2.32. The molecule has 1 fully saturated rings. The molecule has 3 N–H and O–H groups in total. The summed E-state index contributed by atoms with van der Waals surface area (Å²) in [6.45, 7) is 1.27. The fourth-order valence-corrected chi connectivity index (χ4v) is 5.58. The van der Waals surface area contributed by atoms with Crippen molar-refractivity contribution in [2.24, 2.45) is 4.99 Å². The average Bonchev–Trinajstić information content (AvgIpc) is 3.57. The number of rotatable bonds is 9. The van der Waals surface area contributed by atoms with Crippen molar-refractivity contribution in [3.63, 3.8) is 0 Å². The average molecular weight is 498 g/mol. The third-order valence-electron chi connectivity index (χ3n) is 6.35. The Hall–Kier alpha value is -2.88. The van der Waals surface area contributed by atoms with Gasteiger partial charge in [0.1, 0.15) is 5.75 Å². The standard InChI is InChI=1S/C26H31N3O5S/c1-34-19-11-9-17(10-12-19)14-20-15-27-22(35-20)16-28-25(32)23(30)24(31)26(33)29-13-5-8-21(29)18-6-3-2-4-7-18/h2-4,6-7,9-12,20-21,23-24,30-31H,5,8,13-16H2,1H3,(H,28,32)/t20?,21?,23-,24-/m1/s1. The van der Waals surface area contributed by atoms with Gasteiger partial charge in [-0.25, -0.2) is 0 Å². The topological polar surface area (TPSA) is 111 Å². The quantitative estimate of drug-likeness (QED) is 0.488. The molecule has 2 aliphatic heterocycles. The molecule has 0 aliphatic carbocycles. The van der Waals surface area contributed by atoms with E-state index in [0.29, 0.717) is 13.1 Å². The van der Waals surface area contributed by atoms with Gasteiger partial charge in [0.05, 0.1) is 31.3 Å². The molecule has 2 unspecified atom stereocenters. The minimum absolute atomic E-state index is 0.150. The number of amides is 2. The van der Waals surface area contributed by atoms with Crippen molar-refractivity contribution < 1.29 is 24.5 Å². The number of ether oxygens (including phenoxy) is 1. The van der Waals surface area contributed by atoms with Gasteiger partial charge in [0.25, 0.3) is 11.8 Å². The van der Waals surface area contributed by atoms with Gasteiger partial charge in [0.15, 0.2) is 12.2 Å². The zero-order chi connectivity index (χ0) is 24.8. The molecule has 0 radical (unpaired) electrons. The van der Waals surface area contributed by atoms with Crippen molar-refractivity contribution in [3.05, 3.63) is 65.7 Å². The fraction of sp³-hybridized carbons (Fsp3) is 0.423. The van der Waals surface area contributed by atoms with E-state index in [1.165, 1.54) is 5.56 Å². The van der Waals surface area contributed by atoms with Crippen LogP contribution in [-0.2, 0) is 16.0 Å². The van der Waals surface area contributed by atoms with E-state index in [-0.39, 0.29) is 17.8 Å². The summed E-state index contributed by atoms with van der Waals surface area (Å²) in [5.41, 5.74) is 2.15. The lowest BCUT2D eigenvalue weighted by molar-refractivity contribution is -0.153. The highest BCUT2D eigenvalue weighted by atomic mass is 32.2. The van der Waals surface area contributed by atoms with Crippen LogP contribution in [0.15, 0.2) is 59.6 Å². The highest BCUT2D eigenvalue weighted by Gasteiger charge is 2.38. The Labute approximate surface area is 209 Å². The molecule has 186 valence electrons. The number of nitrogens with zero attached hydrogens (tertiary/aromatic N) is 2. The van der Waals surface area contributed by atoms with E-state index in [1.54, 1.807) is 23.8 Å². The summed E-state index contributed by atoms with van der Waals surface area (Å²) >= 11 is 1.59. The largest absolute Gasteiger partial charge is 0.497 e. The Morgan fingerprint density at radius 2 is 1.89 bits per heavy atom. The minimum Gasteiger partial charge on any atom is -0.497 e. The molecule has 4 rings (SSSR count). The summed E-state index contributed by atoms with van der Waals surface area (Å²) in [5.74, 6) is -0.610. The Kier molecular flexibility index (Phi) is 8.43. The number of aliphatic hydroxyl groups is 2. The molecule has 2 aromatic rings. The number of thioether (sulfide) groups is 1. The predicted octanol–water partition coefficient (Wildman–Crippen LogP) is 1.95. The summed E-state index contributed by atoms with van der Waals surface area (Å²) < 4.78 is 5.19. The van der Waals surface area contributed by atoms with Crippen LogP contribution >= 0.6 is 11.8 Å². The smallest absolute Gasteiger partial charge is 0.255 e. The molecule has 0 saturated carbocycles. The number of methoxy groups -OCH3 is 1. The molecular formula is C26H31N3O5S. The molecule has 2 aliphatic rings. The van der Waals surface area contributed by atoms with Gasteiger partial charge in [0.2, 0.25) is 0 Å². The number of carbonyl (C=O) groups excluding carboxylic acids is 2. The van der Waals surface area contributed by atoms with E-state index in [9.17, 15) is 19.8 Å².